The molecule has 8 heteroatoms. The Kier molecular flexibility index (Phi) is 5.99. The van der Waals surface area contributed by atoms with Gasteiger partial charge in [-0.25, -0.2) is 0 Å². The topological polar surface area (TPSA) is 106 Å². The quantitative estimate of drug-likeness (QED) is 0.598. The Morgan fingerprint density at radius 3 is 2.81 bits per heavy atom. The molecule has 164 valence electrons. The van der Waals surface area contributed by atoms with Crippen LogP contribution in [-0.4, -0.2) is 29.7 Å². The Hall–Kier alpha value is -3.99. The van der Waals surface area contributed by atoms with Crippen molar-refractivity contribution in [3.63, 3.8) is 0 Å². The molecule has 1 aromatic carbocycles. The Morgan fingerprint density at radius 2 is 2.06 bits per heavy atom. The van der Waals surface area contributed by atoms with Crippen LogP contribution in [0.4, 0.5) is 5.82 Å². The molecule has 3 heterocycles. The summed E-state index contributed by atoms with van der Waals surface area (Å²) in [7, 11) is 0. The van der Waals surface area contributed by atoms with Crippen LogP contribution >= 0.6 is 0 Å². The third-order valence-electron chi connectivity index (χ3n) is 5.65. The van der Waals surface area contributed by atoms with E-state index < -0.39 is 24.4 Å². The summed E-state index contributed by atoms with van der Waals surface area (Å²) in [5.74, 6) is 0.321. The first-order valence-electron chi connectivity index (χ1n) is 10.3. The average Bonchev–Trinajstić information content (AvgIpc) is 3.40. The van der Waals surface area contributed by atoms with E-state index in [-0.39, 0.29) is 6.61 Å². The molecule has 1 unspecified atom stereocenters. The van der Waals surface area contributed by atoms with Crippen LogP contribution in [0.3, 0.4) is 0 Å². The van der Waals surface area contributed by atoms with Crippen molar-refractivity contribution in [2.24, 2.45) is 5.92 Å². The molecule has 0 radical (unpaired) electrons. The highest BCUT2D eigenvalue weighted by molar-refractivity contribution is 5.94. The van der Waals surface area contributed by atoms with Gasteiger partial charge in [-0.3, -0.25) is 9.59 Å². The number of ether oxygens (including phenoxy) is 2. The molecule has 1 atom stereocenters. The lowest BCUT2D eigenvalue weighted by Gasteiger charge is -2.23. The number of nitriles is 1. The number of anilines is 1. The van der Waals surface area contributed by atoms with Crippen LogP contribution in [0.25, 0.3) is 0 Å². The van der Waals surface area contributed by atoms with Crippen molar-refractivity contribution in [2.75, 3.05) is 18.5 Å². The molecular formula is C24H23N3O5. The summed E-state index contributed by atoms with van der Waals surface area (Å²) < 4.78 is 18.1. The highest BCUT2D eigenvalue weighted by Gasteiger charge is 2.28. The zero-order chi connectivity index (χ0) is 22.7. The standard InChI is InChI=1S/C24H23N3O5/c1-15-16(2)27(12-19-7-5-9-30-19)23(20(15)11-25)26-22(28)14-32-24(29)18-10-17-6-3-4-8-21(17)31-13-18/h3-9,18H,10,12-14H2,1-2H3,(H,26,28). The van der Waals surface area contributed by atoms with Crippen molar-refractivity contribution >= 4 is 17.7 Å². The van der Waals surface area contributed by atoms with E-state index in [0.29, 0.717) is 30.1 Å². The first-order valence-corrected chi connectivity index (χ1v) is 10.3. The Balaban J connectivity index is 1.41. The summed E-state index contributed by atoms with van der Waals surface area (Å²) in [5, 5.41) is 12.3. The minimum Gasteiger partial charge on any atom is -0.492 e. The molecule has 3 aromatic rings. The van der Waals surface area contributed by atoms with Gasteiger partial charge in [-0.2, -0.15) is 5.26 Å². The first-order chi connectivity index (χ1) is 15.5. The predicted octanol–water partition coefficient (Wildman–Crippen LogP) is 3.35. The number of rotatable bonds is 6. The van der Waals surface area contributed by atoms with E-state index in [4.69, 9.17) is 13.9 Å². The van der Waals surface area contributed by atoms with Gasteiger partial charge in [-0.1, -0.05) is 18.2 Å². The number of amides is 1. The molecule has 0 fully saturated rings. The number of hydrogen-bond donors (Lipinski definition) is 1. The van der Waals surface area contributed by atoms with Crippen LogP contribution in [0.15, 0.2) is 47.1 Å². The number of nitrogens with zero attached hydrogens (tertiary/aromatic N) is 2. The summed E-state index contributed by atoms with van der Waals surface area (Å²) in [6, 6.07) is 13.3. The molecule has 1 aliphatic rings. The maximum atomic E-state index is 12.6. The first kappa shape index (κ1) is 21.2. The number of furan rings is 1. The zero-order valence-electron chi connectivity index (χ0n) is 17.9. The largest absolute Gasteiger partial charge is 0.492 e. The Bertz CT molecular complexity index is 1190. The van der Waals surface area contributed by atoms with E-state index in [0.717, 1.165) is 22.6 Å². The third kappa shape index (κ3) is 4.23. The van der Waals surface area contributed by atoms with Gasteiger partial charge in [0.05, 0.1) is 24.3 Å². The summed E-state index contributed by atoms with van der Waals surface area (Å²) in [6.07, 6.45) is 2.07. The van der Waals surface area contributed by atoms with E-state index >= 15 is 0 Å². The number of hydrogen-bond acceptors (Lipinski definition) is 6. The zero-order valence-corrected chi connectivity index (χ0v) is 17.9. The fourth-order valence-electron chi connectivity index (χ4n) is 3.79. The van der Waals surface area contributed by atoms with Crippen molar-refractivity contribution in [1.29, 1.82) is 5.26 Å². The molecule has 0 saturated carbocycles. The number of nitrogens with one attached hydrogen (secondary N) is 1. The monoisotopic (exact) mass is 433 g/mol. The van der Waals surface area contributed by atoms with E-state index in [1.54, 1.807) is 16.9 Å². The number of carbonyl (C=O) groups excluding carboxylic acids is 2. The smallest absolute Gasteiger partial charge is 0.313 e. The number of carbonyl (C=O) groups is 2. The van der Waals surface area contributed by atoms with Gasteiger partial charge in [0.1, 0.15) is 30.0 Å². The van der Waals surface area contributed by atoms with Crippen molar-refractivity contribution in [1.82, 2.24) is 4.57 Å². The van der Waals surface area contributed by atoms with Gasteiger partial charge in [-0.05, 0) is 49.6 Å². The summed E-state index contributed by atoms with van der Waals surface area (Å²) in [5.41, 5.74) is 2.91. The Morgan fingerprint density at radius 1 is 1.25 bits per heavy atom. The normalized spacial score (nSPS) is 14.7. The van der Waals surface area contributed by atoms with E-state index in [1.165, 1.54) is 0 Å². The average molecular weight is 433 g/mol. The second kappa shape index (κ2) is 9.02. The lowest BCUT2D eigenvalue weighted by Crippen LogP contribution is -2.32. The number of para-hydroxylation sites is 1. The van der Waals surface area contributed by atoms with Crippen LogP contribution in [0, 0.1) is 31.1 Å². The van der Waals surface area contributed by atoms with Crippen LogP contribution in [0.2, 0.25) is 0 Å². The molecule has 32 heavy (non-hydrogen) atoms. The minimum absolute atomic E-state index is 0.209. The van der Waals surface area contributed by atoms with Gasteiger partial charge in [0, 0.05) is 5.69 Å². The third-order valence-corrected chi connectivity index (χ3v) is 5.65. The highest BCUT2D eigenvalue weighted by Crippen LogP contribution is 2.28. The lowest BCUT2D eigenvalue weighted by molar-refractivity contribution is -0.152. The minimum atomic E-state index is -0.523. The van der Waals surface area contributed by atoms with Gasteiger partial charge < -0.3 is 23.8 Å². The SMILES string of the molecule is Cc1c(C#N)c(NC(=O)COC(=O)C2COc3ccccc3C2)n(Cc2ccco2)c1C. The maximum Gasteiger partial charge on any atom is 0.313 e. The number of aromatic nitrogens is 1. The van der Waals surface area contributed by atoms with Crippen LogP contribution in [0.5, 0.6) is 5.75 Å². The molecule has 8 nitrogen and oxygen atoms in total. The van der Waals surface area contributed by atoms with Crippen LogP contribution < -0.4 is 10.1 Å². The maximum absolute atomic E-state index is 12.6. The molecule has 0 aliphatic carbocycles. The molecule has 4 rings (SSSR count). The van der Waals surface area contributed by atoms with E-state index in [9.17, 15) is 14.9 Å². The molecule has 0 spiro atoms. The number of fused-ring (bicyclic) bond motifs is 1. The molecular weight excluding hydrogens is 410 g/mol. The highest BCUT2D eigenvalue weighted by atomic mass is 16.5. The van der Waals surface area contributed by atoms with Crippen molar-refractivity contribution in [3.8, 4) is 11.8 Å². The fraction of sp³-hybridized carbons (Fsp3) is 0.292. The van der Waals surface area contributed by atoms with Crippen molar-refractivity contribution in [3.05, 3.63) is 70.8 Å². The van der Waals surface area contributed by atoms with Gasteiger partial charge >= 0.3 is 5.97 Å². The number of esters is 1. The van der Waals surface area contributed by atoms with Crippen molar-refractivity contribution in [2.45, 2.75) is 26.8 Å². The Labute approximate surface area is 185 Å². The van der Waals surface area contributed by atoms with Gasteiger partial charge in [0.2, 0.25) is 0 Å². The van der Waals surface area contributed by atoms with Crippen molar-refractivity contribution < 1.29 is 23.5 Å². The lowest BCUT2D eigenvalue weighted by atomic mass is 9.97. The molecule has 1 N–H and O–H groups in total. The van der Waals surface area contributed by atoms with E-state index in [1.807, 2.05) is 44.2 Å². The van der Waals surface area contributed by atoms with Crippen LogP contribution in [0.1, 0.15) is 28.1 Å². The number of benzene rings is 1. The van der Waals surface area contributed by atoms with Crippen LogP contribution in [-0.2, 0) is 27.3 Å². The summed E-state index contributed by atoms with van der Waals surface area (Å²) in [4.78, 5) is 25.0. The predicted molar refractivity (Wildman–Crippen MR) is 115 cm³/mol. The second-order valence-corrected chi connectivity index (χ2v) is 7.69. The molecule has 1 aliphatic heterocycles. The fourth-order valence-corrected chi connectivity index (χ4v) is 3.79. The van der Waals surface area contributed by atoms with E-state index in [2.05, 4.69) is 11.4 Å². The van der Waals surface area contributed by atoms with Gasteiger partial charge in [0.15, 0.2) is 6.61 Å². The molecule has 2 aromatic heterocycles. The van der Waals surface area contributed by atoms with Gasteiger partial charge in [-0.15, -0.1) is 0 Å². The summed E-state index contributed by atoms with van der Waals surface area (Å²) >= 11 is 0. The molecule has 1 amide bonds. The molecule has 0 saturated heterocycles. The molecule has 0 bridgehead atoms. The van der Waals surface area contributed by atoms with Gasteiger partial charge in [0.25, 0.3) is 5.91 Å². The summed E-state index contributed by atoms with van der Waals surface area (Å²) in [6.45, 7) is 3.81. The second-order valence-electron chi connectivity index (χ2n) is 7.69.